The van der Waals surface area contributed by atoms with Crippen LogP contribution in [0.4, 0.5) is 0 Å². The monoisotopic (exact) mass is 252 g/mol. The average Bonchev–Trinajstić information content (AvgIpc) is 2.82. The topological polar surface area (TPSA) is 97.7 Å². The zero-order chi connectivity index (χ0) is 13.0. The van der Waals surface area contributed by atoms with Crippen LogP contribution < -0.4 is 0 Å². The van der Waals surface area contributed by atoms with E-state index < -0.39 is 47.5 Å². The van der Waals surface area contributed by atoms with Gasteiger partial charge >= 0.3 is 17.9 Å². The average molecular weight is 252 g/mol. The molecule has 3 aliphatic rings. The van der Waals surface area contributed by atoms with Crippen molar-refractivity contribution in [2.75, 3.05) is 0 Å². The van der Waals surface area contributed by atoms with E-state index >= 15 is 0 Å². The Morgan fingerprint density at radius 2 is 1.78 bits per heavy atom. The number of ether oxygens (including phenoxy) is 1. The zero-order valence-corrected chi connectivity index (χ0v) is 9.44. The smallest absolute Gasteiger partial charge is 0.316 e. The Morgan fingerprint density at radius 3 is 2.33 bits per heavy atom. The highest BCUT2D eigenvalue weighted by Gasteiger charge is 2.63. The van der Waals surface area contributed by atoms with Crippen LogP contribution in [0.1, 0.15) is 12.8 Å². The van der Waals surface area contributed by atoms with E-state index in [1.165, 1.54) is 0 Å². The predicted octanol–water partition coefficient (Wildman–Crippen LogP) is -0.142. The molecular formula is C12H12O6. The van der Waals surface area contributed by atoms with Gasteiger partial charge in [-0.2, -0.15) is 0 Å². The molecule has 0 radical (unpaired) electrons. The second-order valence-electron chi connectivity index (χ2n) is 5.32. The molecule has 3 rings (SSSR count). The van der Waals surface area contributed by atoms with Gasteiger partial charge in [-0.3, -0.25) is 14.4 Å². The fourth-order valence-electron chi connectivity index (χ4n) is 4.03. The van der Waals surface area contributed by atoms with Crippen molar-refractivity contribution in [2.45, 2.75) is 12.8 Å². The number of carboxylic acids is 1. The van der Waals surface area contributed by atoms with Gasteiger partial charge in [0.2, 0.25) is 0 Å². The molecule has 6 heteroatoms. The Labute approximate surface area is 102 Å². The number of aldehydes is 1. The Balaban J connectivity index is 2.03. The number of carbonyl (C=O) groups excluding carboxylic acids is 3. The number of hydrogen-bond acceptors (Lipinski definition) is 5. The molecule has 96 valence electrons. The van der Waals surface area contributed by atoms with Gasteiger partial charge in [0, 0.05) is 5.92 Å². The molecule has 18 heavy (non-hydrogen) atoms. The van der Waals surface area contributed by atoms with E-state index in [-0.39, 0.29) is 12.3 Å². The summed E-state index contributed by atoms with van der Waals surface area (Å²) in [5.41, 5.74) is 0. The molecule has 1 aliphatic heterocycles. The van der Waals surface area contributed by atoms with Crippen molar-refractivity contribution in [1.82, 2.24) is 0 Å². The fraction of sp³-hybridized carbons (Fsp3) is 0.667. The quantitative estimate of drug-likeness (QED) is 0.417. The Hall–Kier alpha value is -1.72. The zero-order valence-electron chi connectivity index (χ0n) is 9.44. The van der Waals surface area contributed by atoms with Crippen molar-refractivity contribution >= 4 is 24.2 Å². The van der Waals surface area contributed by atoms with Crippen LogP contribution in [0.25, 0.3) is 0 Å². The van der Waals surface area contributed by atoms with E-state index in [1.807, 2.05) is 0 Å². The number of rotatable bonds is 2. The van der Waals surface area contributed by atoms with Crippen molar-refractivity contribution in [2.24, 2.45) is 35.5 Å². The van der Waals surface area contributed by atoms with Crippen LogP contribution in [0, 0.1) is 35.5 Å². The molecule has 6 nitrogen and oxygen atoms in total. The number of fused-ring (bicyclic) bond motifs is 5. The molecule has 6 atom stereocenters. The van der Waals surface area contributed by atoms with Gasteiger partial charge in [-0.25, -0.2) is 0 Å². The maximum Gasteiger partial charge on any atom is 0.316 e. The Bertz CT molecular complexity index is 451. The Kier molecular flexibility index (Phi) is 2.30. The summed E-state index contributed by atoms with van der Waals surface area (Å²) in [5, 5.41) is 9.19. The summed E-state index contributed by atoms with van der Waals surface area (Å²) >= 11 is 0. The SMILES string of the molecule is O=CC1CC(C(=O)O)C2C3CC(C(=O)OC3=O)C12. The van der Waals surface area contributed by atoms with Crippen LogP contribution >= 0.6 is 0 Å². The summed E-state index contributed by atoms with van der Waals surface area (Å²) in [6.45, 7) is 0. The highest BCUT2D eigenvalue weighted by atomic mass is 16.6. The third kappa shape index (κ3) is 1.28. The van der Waals surface area contributed by atoms with Gasteiger partial charge in [-0.1, -0.05) is 0 Å². The second kappa shape index (κ2) is 3.63. The highest BCUT2D eigenvalue weighted by Crippen LogP contribution is 2.58. The lowest BCUT2D eigenvalue weighted by molar-refractivity contribution is -0.170. The Morgan fingerprint density at radius 1 is 1.17 bits per heavy atom. The van der Waals surface area contributed by atoms with Gasteiger partial charge in [0.15, 0.2) is 0 Å². The van der Waals surface area contributed by atoms with E-state index in [1.54, 1.807) is 0 Å². The minimum Gasteiger partial charge on any atom is -0.481 e. The molecule has 0 aromatic heterocycles. The van der Waals surface area contributed by atoms with E-state index in [9.17, 15) is 24.3 Å². The number of carbonyl (C=O) groups is 4. The number of hydrogen-bond donors (Lipinski definition) is 1. The molecule has 0 spiro atoms. The van der Waals surface area contributed by atoms with Crippen LogP contribution in [0.5, 0.6) is 0 Å². The number of aliphatic carboxylic acids is 1. The van der Waals surface area contributed by atoms with Gasteiger partial charge in [-0.15, -0.1) is 0 Å². The molecule has 0 aromatic carbocycles. The first kappa shape index (κ1) is 11.4. The van der Waals surface area contributed by atoms with Gasteiger partial charge < -0.3 is 14.6 Å². The van der Waals surface area contributed by atoms with Crippen molar-refractivity contribution in [3.8, 4) is 0 Å². The minimum absolute atomic E-state index is 0.224. The van der Waals surface area contributed by atoms with Gasteiger partial charge in [-0.05, 0) is 24.7 Å². The summed E-state index contributed by atoms with van der Waals surface area (Å²) in [7, 11) is 0. The molecule has 1 N–H and O–H groups in total. The lowest BCUT2D eigenvalue weighted by atomic mass is 9.83. The van der Waals surface area contributed by atoms with Crippen LogP contribution in [0.3, 0.4) is 0 Å². The molecular weight excluding hydrogens is 240 g/mol. The fourth-order valence-corrected chi connectivity index (χ4v) is 4.03. The maximum atomic E-state index is 11.6. The van der Waals surface area contributed by atoms with E-state index in [0.717, 1.165) is 6.29 Å². The first-order valence-corrected chi connectivity index (χ1v) is 5.98. The van der Waals surface area contributed by atoms with Crippen molar-refractivity contribution in [3.63, 3.8) is 0 Å². The molecule has 0 aromatic rings. The molecule has 3 fully saturated rings. The van der Waals surface area contributed by atoms with Crippen LogP contribution in [0.2, 0.25) is 0 Å². The van der Waals surface area contributed by atoms with Crippen LogP contribution in [0.15, 0.2) is 0 Å². The van der Waals surface area contributed by atoms with E-state index in [2.05, 4.69) is 4.74 Å². The summed E-state index contributed by atoms with van der Waals surface area (Å²) in [6.07, 6.45) is 1.28. The number of esters is 2. The van der Waals surface area contributed by atoms with E-state index in [4.69, 9.17) is 0 Å². The van der Waals surface area contributed by atoms with Gasteiger partial charge in [0.05, 0.1) is 17.8 Å². The normalized spacial score (nSPS) is 45.6. The lowest BCUT2D eigenvalue weighted by Gasteiger charge is -2.21. The van der Waals surface area contributed by atoms with Crippen LogP contribution in [-0.4, -0.2) is 29.3 Å². The molecule has 2 aliphatic carbocycles. The third-order valence-electron chi connectivity index (χ3n) is 4.67. The summed E-state index contributed by atoms with van der Waals surface area (Å²) < 4.78 is 4.64. The second-order valence-corrected chi connectivity index (χ2v) is 5.32. The minimum atomic E-state index is -0.998. The predicted molar refractivity (Wildman–Crippen MR) is 55.0 cm³/mol. The van der Waals surface area contributed by atoms with Crippen molar-refractivity contribution < 1.29 is 29.0 Å². The first-order chi connectivity index (χ1) is 8.54. The molecule has 2 bridgehead atoms. The van der Waals surface area contributed by atoms with Gasteiger partial charge in [0.25, 0.3) is 0 Å². The standard InChI is InChI=1S/C12H12O6/c13-3-4-1-5(10(14)15)9-7-2-6(8(4)9)11(16)18-12(7)17/h3-9H,1-2H2,(H,14,15). The van der Waals surface area contributed by atoms with Gasteiger partial charge in [0.1, 0.15) is 6.29 Å². The highest BCUT2D eigenvalue weighted by molar-refractivity contribution is 5.93. The molecule has 2 saturated carbocycles. The molecule has 1 heterocycles. The molecule has 6 unspecified atom stereocenters. The van der Waals surface area contributed by atoms with Crippen molar-refractivity contribution in [1.29, 1.82) is 0 Å². The largest absolute Gasteiger partial charge is 0.481 e. The third-order valence-corrected chi connectivity index (χ3v) is 4.67. The summed E-state index contributed by atoms with van der Waals surface area (Å²) in [4.78, 5) is 45.6. The van der Waals surface area contributed by atoms with Crippen LogP contribution in [-0.2, 0) is 23.9 Å². The maximum absolute atomic E-state index is 11.6. The molecule has 0 amide bonds. The number of cyclic esters (lactones) is 2. The van der Waals surface area contributed by atoms with E-state index in [0.29, 0.717) is 6.42 Å². The summed E-state index contributed by atoms with van der Waals surface area (Å²) in [6, 6.07) is 0. The summed E-state index contributed by atoms with van der Waals surface area (Å²) in [5.74, 6) is -5.19. The number of carboxylic acid groups (broad SMARTS) is 1. The first-order valence-electron chi connectivity index (χ1n) is 5.98. The van der Waals surface area contributed by atoms with Crippen molar-refractivity contribution in [3.05, 3.63) is 0 Å². The molecule has 1 saturated heterocycles. The lowest BCUT2D eigenvalue weighted by Crippen LogP contribution is -2.33.